The fourth-order valence-corrected chi connectivity index (χ4v) is 1.16. The van der Waals surface area contributed by atoms with Gasteiger partial charge in [-0.2, -0.15) is 0 Å². The van der Waals surface area contributed by atoms with E-state index in [0.717, 1.165) is 0 Å². The van der Waals surface area contributed by atoms with Gasteiger partial charge in [0.15, 0.2) is 0 Å². The molecular formula is C5H13NS. The van der Waals surface area contributed by atoms with Gasteiger partial charge in [-0.25, -0.2) is 0 Å². The van der Waals surface area contributed by atoms with Crippen LogP contribution < -0.4 is 0 Å². The maximum absolute atomic E-state index is 4.11. The molecule has 1 atom stereocenters. The Hall–Kier alpha value is 0.150. The molecule has 0 aliphatic rings. The van der Waals surface area contributed by atoms with Crippen LogP contribution >= 0.6 is 0 Å². The second-order valence-corrected chi connectivity index (χ2v) is 3.46. The van der Waals surface area contributed by atoms with Gasteiger partial charge in [-0.3, -0.25) is 4.36 Å². The summed E-state index contributed by atoms with van der Waals surface area (Å²) in [7, 11) is 2.24. The van der Waals surface area contributed by atoms with E-state index in [-0.39, 0.29) is 0 Å². The molecule has 0 N–H and O–H groups in total. The first-order valence-corrected chi connectivity index (χ1v) is 4.29. The molecule has 0 aromatic carbocycles. The average molecular weight is 119 g/mol. The average Bonchev–Trinajstić information content (AvgIpc) is 1.68. The summed E-state index contributed by atoms with van der Waals surface area (Å²) in [5.41, 5.74) is 0. The normalized spacial score (nSPS) is 14.7. The van der Waals surface area contributed by atoms with Gasteiger partial charge in [0.05, 0.1) is 0 Å². The fourth-order valence-electron chi connectivity index (χ4n) is 0.387. The van der Waals surface area contributed by atoms with Crippen molar-refractivity contribution in [1.29, 1.82) is 0 Å². The van der Waals surface area contributed by atoms with Crippen molar-refractivity contribution >= 4 is 10.7 Å². The van der Waals surface area contributed by atoms with Crippen LogP contribution in [0.25, 0.3) is 0 Å². The molecule has 1 nitrogen and oxygen atoms in total. The third-order valence-corrected chi connectivity index (χ3v) is 2.43. The Kier molecular flexibility index (Phi) is 4.41. The van der Waals surface area contributed by atoms with Crippen LogP contribution in [0.5, 0.6) is 0 Å². The highest BCUT2D eigenvalue weighted by molar-refractivity contribution is 7.86. The van der Waals surface area contributed by atoms with Gasteiger partial charge < -0.3 is 0 Å². The van der Waals surface area contributed by atoms with E-state index in [2.05, 4.69) is 17.5 Å². The molecule has 0 aromatic heterocycles. The fraction of sp³-hybridized carbons (Fsp3) is 1.00. The lowest BCUT2D eigenvalue weighted by atomic mass is 10.6. The predicted octanol–water partition coefficient (Wildman–Crippen LogP) is 1.46. The zero-order valence-electron chi connectivity index (χ0n) is 5.27. The first-order valence-electron chi connectivity index (χ1n) is 2.53. The monoisotopic (exact) mass is 119 g/mol. The SMILES string of the molecule is CCC[S@@](C)=NC. The summed E-state index contributed by atoms with van der Waals surface area (Å²) >= 11 is 0. The topological polar surface area (TPSA) is 12.4 Å². The summed E-state index contributed by atoms with van der Waals surface area (Å²) in [6, 6.07) is 0. The molecule has 0 heterocycles. The number of nitrogens with zero attached hydrogens (tertiary/aromatic N) is 1. The van der Waals surface area contributed by atoms with Crippen LogP contribution in [-0.4, -0.2) is 19.1 Å². The van der Waals surface area contributed by atoms with Crippen molar-refractivity contribution in [2.75, 3.05) is 19.1 Å². The molecule has 7 heavy (non-hydrogen) atoms. The predicted molar refractivity (Wildman–Crippen MR) is 36.8 cm³/mol. The maximum Gasteiger partial charge on any atom is 0.0346 e. The smallest absolute Gasteiger partial charge is 0.0346 e. The molecule has 0 saturated carbocycles. The zero-order chi connectivity index (χ0) is 5.70. The largest absolute Gasteiger partial charge is 0.268 e. The minimum Gasteiger partial charge on any atom is -0.268 e. The van der Waals surface area contributed by atoms with Crippen molar-refractivity contribution < 1.29 is 0 Å². The minimum atomic E-state index is 0.348. The van der Waals surface area contributed by atoms with Crippen LogP contribution in [0.2, 0.25) is 0 Å². The van der Waals surface area contributed by atoms with Gasteiger partial charge in [-0.15, -0.1) is 10.7 Å². The van der Waals surface area contributed by atoms with E-state index in [9.17, 15) is 0 Å². The van der Waals surface area contributed by atoms with Crippen molar-refractivity contribution in [2.24, 2.45) is 4.36 Å². The zero-order valence-corrected chi connectivity index (χ0v) is 6.09. The Bertz CT molecular complexity index is 68.5. The van der Waals surface area contributed by atoms with Crippen molar-refractivity contribution in [1.82, 2.24) is 0 Å². The van der Waals surface area contributed by atoms with Gasteiger partial charge in [0, 0.05) is 12.8 Å². The van der Waals surface area contributed by atoms with E-state index >= 15 is 0 Å². The van der Waals surface area contributed by atoms with Crippen molar-refractivity contribution in [3.63, 3.8) is 0 Å². The van der Waals surface area contributed by atoms with E-state index in [1.807, 2.05) is 7.05 Å². The van der Waals surface area contributed by atoms with E-state index in [4.69, 9.17) is 0 Å². The number of rotatable bonds is 2. The molecule has 0 aromatic rings. The molecule has 0 amide bonds. The second-order valence-electron chi connectivity index (χ2n) is 1.49. The van der Waals surface area contributed by atoms with Crippen molar-refractivity contribution in [3.8, 4) is 0 Å². The Morgan fingerprint density at radius 2 is 2.14 bits per heavy atom. The molecule has 0 radical (unpaired) electrons. The maximum atomic E-state index is 4.11. The summed E-state index contributed by atoms with van der Waals surface area (Å²) in [4.78, 5) is 0. The van der Waals surface area contributed by atoms with E-state index in [1.54, 1.807) is 0 Å². The van der Waals surface area contributed by atoms with Gasteiger partial charge >= 0.3 is 0 Å². The lowest BCUT2D eigenvalue weighted by molar-refractivity contribution is 1.10. The minimum absolute atomic E-state index is 0.348. The van der Waals surface area contributed by atoms with Gasteiger partial charge in [-0.05, 0) is 12.7 Å². The van der Waals surface area contributed by atoms with Crippen molar-refractivity contribution in [2.45, 2.75) is 13.3 Å². The van der Waals surface area contributed by atoms with E-state index < -0.39 is 0 Å². The van der Waals surface area contributed by atoms with E-state index in [0.29, 0.717) is 10.7 Å². The van der Waals surface area contributed by atoms with Crippen LogP contribution in [0, 0.1) is 0 Å². The summed E-state index contributed by atoms with van der Waals surface area (Å²) < 4.78 is 4.11. The third kappa shape index (κ3) is 3.99. The summed E-state index contributed by atoms with van der Waals surface area (Å²) in [5, 5.41) is 0. The molecule has 0 spiro atoms. The Labute approximate surface area is 48.2 Å². The Balaban J connectivity index is 3.17. The molecule has 0 aliphatic carbocycles. The van der Waals surface area contributed by atoms with Crippen molar-refractivity contribution in [3.05, 3.63) is 0 Å². The number of hydrogen-bond acceptors (Lipinski definition) is 1. The van der Waals surface area contributed by atoms with Gasteiger partial charge in [0.25, 0.3) is 0 Å². The first-order chi connectivity index (χ1) is 3.31. The third-order valence-electron chi connectivity index (χ3n) is 0.811. The second kappa shape index (κ2) is 4.31. The molecule has 0 unspecified atom stereocenters. The molecule has 44 valence electrons. The summed E-state index contributed by atoms with van der Waals surface area (Å²) in [6.45, 7) is 2.19. The summed E-state index contributed by atoms with van der Waals surface area (Å²) in [5.74, 6) is 1.26. The molecule has 0 aliphatic heterocycles. The van der Waals surface area contributed by atoms with E-state index in [1.165, 1.54) is 12.2 Å². The molecular weight excluding hydrogens is 106 g/mol. The molecule has 0 fully saturated rings. The first kappa shape index (κ1) is 7.15. The summed E-state index contributed by atoms with van der Waals surface area (Å²) in [6.07, 6.45) is 3.43. The van der Waals surface area contributed by atoms with Crippen LogP contribution in [0.1, 0.15) is 13.3 Å². The lowest BCUT2D eigenvalue weighted by Crippen LogP contribution is -1.89. The van der Waals surface area contributed by atoms with Crippen LogP contribution in [0.4, 0.5) is 0 Å². The van der Waals surface area contributed by atoms with Gasteiger partial charge in [0.1, 0.15) is 0 Å². The van der Waals surface area contributed by atoms with Gasteiger partial charge in [0.2, 0.25) is 0 Å². The highest BCUT2D eigenvalue weighted by atomic mass is 32.2. The highest BCUT2D eigenvalue weighted by Gasteiger charge is 1.79. The lowest BCUT2D eigenvalue weighted by Gasteiger charge is -1.92. The van der Waals surface area contributed by atoms with Crippen LogP contribution in [0.3, 0.4) is 0 Å². The highest BCUT2D eigenvalue weighted by Crippen LogP contribution is 1.83. The van der Waals surface area contributed by atoms with Gasteiger partial charge in [-0.1, -0.05) is 6.92 Å². The Morgan fingerprint density at radius 1 is 1.57 bits per heavy atom. The van der Waals surface area contributed by atoms with Crippen LogP contribution in [-0.2, 0) is 10.7 Å². The van der Waals surface area contributed by atoms with Crippen LogP contribution in [0.15, 0.2) is 4.36 Å². The Morgan fingerprint density at radius 3 is 2.29 bits per heavy atom. The molecule has 2 heteroatoms. The molecule has 0 saturated heterocycles. The standard InChI is InChI=1S/C5H13NS/c1-4-5-7(3)6-2/h4-5H2,1-3H3/t7-/m1/s1. The molecule has 0 bridgehead atoms. The molecule has 0 rings (SSSR count). The quantitative estimate of drug-likeness (QED) is 0.522. The number of hydrogen-bond donors (Lipinski definition) is 0.